The van der Waals surface area contributed by atoms with Crippen LogP contribution in [0.2, 0.25) is 0 Å². The summed E-state index contributed by atoms with van der Waals surface area (Å²) in [6, 6.07) is 21.6. The predicted molar refractivity (Wildman–Crippen MR) is 102 cm³/mol. The molecule has 1 N–H and O–H groups in total. The Morgan fingerprint density at radius 2 is 1.68 bits per heavy atom. The van der Waals surface area contributed by atoms with Crippen molar-refractivity contribution in [2.45, 2.75) is 10.9 Å². The van der Waals surface area contributed by atoms with Crippen LogP contribution < -0.4 is 5.56 Å². The molecule has 0 radical (unpaired) electrons. The van der Waals surface area contributed by atoms with Crippen LogP contribution in [0.1, 0.15) is 5.56 Å². The fourth-order valence-corrected chi connectivity index (χ4v) is 3.37. The van der Waals surface area contributed by atoms with Crippen LogP contribution in [0.4, 0.5) is 0 Å². The molecule has 0 spiro atoms. The summed E-state index contributed by atoms with van der Waals surface area (Å²) in [4.78, 5) is 24.2. The SMILES string of the molecule is O=c1[nH]c2nc(SCc3ccccc3)ncc2cc1-c1ccccc1. The van der Waals surface area contributed by atoms with Gasteiger partial charge in [-0.1, -0.05) is 72.4 Å². The molecule has 122 valence electrons. The monoisotopic (exact) mass is 345 g/mol. The van der Waals surface area contributed by atoms with Crippen molar-refractivity contribution in [3.8, 4) is 11.1 Å². The van der Waals surface area contributed by atoms with Gasteiger partial charge in [-0.2, -0.15) is 0 Å². The van der Waals surface area contributed by atoms with Crippen LogP contribution in [-0.4, -0.2) is 15.0 Å². The van der Waals surface area contributed by atoms with Gasteiger partial charge in [0.2, 0.25) is 0 Å². The van der Waals surface area contributed by atoms with Gasteiger partial charge in [0.15, 0.2) is 5.16 Å². The summed E-state index contributed by atoms with van der Waals surface area (Å²) in [5, 5.41) is 1.47. The van der Waals surface area contributed by atoms with E-state index in [4.69, 9.17) is 0 Å². The van der Waals surface area contributed by atoms with Gasteiger partial charge in [-0.05, 0) is 17.2 Å². The molecule has 0 aliphatic heterocycles. The van der Waals surface area contributed by atoms with Gasteiger partial charge < -0.3 is 4.98 Å². The predicted octanol–water partition coefficient (Wildman–Crippen LogP) is 4.28. The molecule has 0 atom stereocenters. The topological polar surface area (TPSA) is 58.6 Å². The number of hydrogen-bond donors (Lipinski definition) is 1. The van der Waals surface area contributed by atoms with Crippen LogP contribution in [0.25, 0.3) is 22.2 Å². The summed E-state index contributed by atoms with van der Waals surface area (Å²) < 4.78 is 0. The van der Waals surface area contributed by atoms with E-state index in [2.05, 4.69) is 27.1 Å². The summed E-state index contributed by atoms with van der Waals surface area (Å²) >= 11 is 1.55. The molecular weight excluding hydrogens is 330 g/mol. The average molecular weight is 345 g/mol. The van der Waals surface area contributed by atoms with Gasteiger partial charge in [-0.25, -0.2) is 9.97 Å². The molecule has 2 aromatic carbocycles. The summed E-state index contributed by atoms with van der Waals surface area (Å²) in [5.41, 5.74) is 3.14. The molecule has 2 aromatic heterocycles. The molecule has 0 unspecified atom stereocenters. The second-order valence-electron chi connectivity index (χ2n) is 5.61. The standard InChI is InChI=1S/C20H15N3OS/c24-19-17(15-9-5-2-6-10-15)11-16-12-21-20(23-18(16)22-19)25-13-14-7-3-1-4-8-14/h1-12H,13H2,(H,21,22,23,24). The van der Waals surface area contributed by atoms with Gasteiger partial charge in [-0.15, -0.1) is 0 Å². The number of nitrogens with zero attached hydrogens (tertiary/aromatic N) is 2. The lowest BCUT2D eigenvalue weighted by Crippen LogP contribution is -2.09. The average Bonchev–Trinajstić information content (AvgIpc) is 2.67. The molecule has 0 aliphatic carbocycles. The van der Waals surface area contributed by atoms with Gasteiger partial charge in [-0.3, -0.25) is 4.79 Å². The van der Waals surface area contributed by atoms with Crippen LogP contribution >= 0.6 is 11.8 Å². The van der Waals surface area contributed by atoms with Crippen molar-refractivity contribution in [2.24, 2.45) is 0 Å². The van der Waals surface area contributed by atoms with Crippen molar-refractivity contribution in [3.63, 3.8) is 0 Å². The van der Waals surface area contributed by atoms with E-state index < -0.39 is 0 Å². The molecule has 0 saturated carbocycles. The number of hydrogen-bond acceptors (Lipinski definition) is 4. The van der Waals surface area contributed by atoms with Gasteiger partial charge in [0.1, 0.15) is 5.65 Å². The highest BCUT2D eigenvalue weighted by atomic mass is 32.2. The second kappa shape index (κ2) is 6.91. The minimum Gasteiger partial charge on any atom is -0.306 e. The Balaban J connectivity index is 1.64. The van der Waals surface area contributed by atoms with E-state index >= 15 is 0 Å². The number of nitrogens with one attached hydrogen (secondary N) is 1. The number of benzene rings is 2. The zero-order chi connectivity index (χ0) is 17.1. The largest absolute Gasteiger partial charge is 0.306 e. The maximum absolute atomic E-state index is 12.4. The van der Waals surface area contributed by atoms with Gasteiger partial charge >= 0.3 is 0 Å². The van der Waals surface area contributed by atoms with Crippen LogP contribution in [0.15, 0.2) is 82.9 Å². The van der Waals surface area contributed by atoms with Crippen LogP contribution in [-0.2, 0) is 5.75 Å². The van der Waals surface area contributed by atoms with E-state index in [0.717, 1.165) is 16.7 Å². The molecule has 4 nitrogen and oxygen atoms in total. The zero-order valence-corrected chi connectivity index (χ0v) is 14.2. The fourth-order valence-electron chi connectivity index (χ4n) is 2.60. The first kappa shape index (κ1) is 15.6. The molecule has 0 amide bonds. The van der Waals surface area contributed by atoms with Crippen molar-refractivity contribution < 1.29 is 0 Å². The fraction of sp³-hybridized carbons (Fsp3) is 0.0500. The Labute approximate surface area is 149 Å². The Hall–Kier alpha value is -2.92. The number of aromatic nitrogens is 3. The Kier molecular flexibility index (Phi) is 4.31. The number of thioether (sulfide) groups is 1. The quantitative estimate of drug-likeness (QED) is 0.443. The first-order valence-electron chi connectivity index (χ1n) is 7.92. The number of rotatable bonds is 4. The maximum atomic E-state index is 12.4. The van der Waals surface area contributed by atoms with Crippen LogP contribution in [0.5, 0.6) is 0 Å². The number of pyridine rings is 1. The van der Waals surface area contributed by atoms with Crippen molar-refractivity contribution in [1.29, 1.82) is 0 Å². The van der Waals surface area contributed by atoms with Gasteiger partial charge in [0.05, 0.1) is 0 Å². The summed E-state index contributed by atoms with van der Waals surface area (Å²) in [7, 11) is 0. The third kappa shape index (κ3) is 3.46. The van der Waals surface area contributed by atoms with E-state index in [-0.39, 0.29) is 5.56 Å². The van der Waals surface area contributed by atoms with Crippen molar-refractivity contribution in [3.05, 3.63) is 88.8 Å². The Bertz CT molecular complexity index is 1060. The van der Waals surface area contributed by atoms with E-state index in [1.54, 1.807) is 18.0 Å². The third-order valence-electron chi connectivity index (χ3n) is 3.87. The van der Waals surface area contributed by atoms with Crippen LogP contribution in [0.3, 0.4) is 0 Å². The van der Waals surface area contributed by atoms with Gasteiger partial charge in [0, 0.05) is 22.9 Å². The third-order valence-corrected chi connectivity index (χ3v) is 4.80. The van der Waals surface area contributed by atoms with E-state index in [1.165, 1.54) is 5.56 Å². The lowest BCUT2D eigenvalue weighted by Gasteiger charge is -2.05. The number of H-pyrrole nitrogens is 1. The minimum absolute atomic E-state index is 0.142. The highest BCUT2D eigenvalue weighted by Gasteiger charge is 2.08. The molecule has 0 bridgehead atoms. The summed E-state index contributed by atoms with van der Waals surface area (Å²) in [5.74, 6) is 0.790. The molecule has 0 saturated heterocycles. The smallest absolute Gasteiger partial charge is 0.257 e. The minimum atomic E-state index is -0.142. The molecule has 4 rings (SSSR count). The van der Waals surface area contributed by atoms with Crippen molar-refractivity contribution in [2.75, 3.05) is 0 Å². The molecule has 25 heavy (non-hydrogen) atoms. The second-order valence-corrected chi connectivity index (χ2v) is 6.55. The van der Waals surface area contributed by atoms with E-state index in [1.807, 2.05) is 54.6 Å². The molecule has 2 heterocycles. The highest BCUT2D eigenvalue weighted by Crippen LogP contribution is 2.22. The van der Waals surface area contributed by atoms with E-state index in [9.17, 15) is 4.79 Å². The normalized spacial score (nSPS) is 10.9. The number of fused-ring (bicyclic) bond motifs is 1. The van der Waals surface area contributed by atoms with Crippen molar-refractivity contribution in [1.82, 2.24) is 15.0 Å². The Morgan fingerprint density at radius 1 is 0.960 bits per heavy atom. The molecule has 0 aliphatic rings. The molecule has 5 heteroatoms. The Morgan fingerprint density at radius 3 is 2.44 bits per heavy atom. The van der Waals surface area contributed by atoms with Crippen molar-refractivity contribution >= 4 is 22.8 Å². The molecule has 4 aromatic rings. The maximum Gasteiger partial charge on any atom is 0.257 e. The van der Waals surface area contributed by atoms with Crippen LogP contribution in [0, 0.1) is 0 Å². The summed E-state index contributed by atoms with van der Waals surface area (Å²) in [6.07, 6.45) is 1.76. The highest BCUT2D eigenvalue weighted by molar-refractivity contribution is 7.98. The van der Waals surface area contributed by atoms with E-state index in [0.29, 0.717) is 16.4 Å². The lowest BCUT2D eigenvalue weighted by atomic mass is 10.1. The lowest BCUT2D eigenvalue weighted by molar-refractivity contribution is 0.984. The van der Waals surface area contributed by atoms with Gasteiger partial charge in [0.25, 0.3) is 5.56 Å². The summed E-state index contributed by atoms with van der Waals surface area (Å²) in [6.45, 7) is 0. The number of aromatic amines is 1. The first-order chi connectivity index (χ1) is 12.3. The first-order valence-corrected chi connectivity index (χ1v) is 8.90. The molecular formula is C20H15N3OS. The zero-order valence-electron chi connectivity index (χ0n) is 13.3. The molecule has 0 fully saturated rings.